The topological polar surface area (TPSA) is 84.2 Å². The number of hydrogen-bond donors (Lipinski definition) is 2. The highest BCUT2D eigenvalue weighted by atomic mass is 32.2. The van der Waals surface area contributed by atoms with Crippen LogP contribution in [0.3, 0.4) is 0 Å². The third-order valence-electron chi connectivity index (χ3n) is 2.68. The standard InChI is InChI=1S/C14H19N3O3S/c1-11(2)17-21(18,19)15-9-8-13-10-14(20-16-13)12-6-4-3-5-7-12/h3-7,10-11,15,17H,8-9H2,1-2H3. The molecule has 114 valence electrons. The summed E-state index contributed by atoms with van der Waals surface area (Å²) in [4.78, 5) is 0. The van der Waals surface area contributed by atoms with E-state index >= 15 is 0 Å². The summed E-state index contributed by atoms with van der Waals surface area (Å²) in [6, 6.07) is 11.3. The Kier molecular flexibility index (Phi) is 5.11. The zero-order valence-corrected chi connectivity index (χ0v) is 12.9. The van der Waals surface area contributed by atoms with Gasteiger partial charge in [0.05, 0.1) is 5.69 Å². The van der Waals surface area contributed by atoms with Crippen LogP contribution < -0.4 is 9.44 Å². The fourth-order valence-corrected chi connectivity index (χ4v) is 2.91. The molecule has 0 saturated heterocycles. The summed E-state index contributed by atoms with van der Waals surface area (Å²) in [7, 11) is -3.45. The minimum absolute atomic E-state index is 0.140. The first-order valence-electron chi connectivity index (χ1n) is 6.74. The fraction of sp³-hybridized carbons (Fsp3) is 0.357. The first-order valence-corrected chi connectivity index (χ1v) is 8.22. The summed E-state index contributed by atoms with van der Waals surface area (Å²) >= 11 is 0. The van der Waals surface area contributed by atoms with Crippen molar-refractivity contribution in [1.29, 1.82) is 0 Å². The summed E-state index contributed by atoms with van der Waals surface area (Å²) in [6.07, 6.45) is 0.468. The van der Waals surface area contributed by atoms with Gasteiger partial charge in [-0.25, -0.2) is 4.72 Å². The number of hydrogen-bond acceptors (Lipinski definition) is 4. The van der Waals surface area contributed by atoms with Crippen LogP contribution >= 0.6 is 0 Å². The Hall–Kier alpha value is -1.70. The Morgan fingerprint density at radius 3 is 2.62 bits per heavy atom. The van der Waals surface area contributed by atoms with Crippen LogP contribution in [0.4, 0.5) is 0 Å². The van der Waals surface area contributed by atoms with E-state index in [0.29, 0.717) is 17.9 Å². The first kappa shape index (κ1) is 15.7. The van der Waals surface area contributed by atoms with Gasteiger partial charge in [-0.05, 0) is 13.8 Å². The van der Waals surface area contributed by atoms with Crippen molar-refractivity contribution >= 4 is 10.2 Å². The maximum absolute atomic E-state index is 11.6. The van der Waals surface area contributed by atoms with Crippen LogP contribution in [0.5, 0.6) is 0 Å². The minimum Gasteiger partial charge on any atom is -0.356 e. The molecule has 0 fully saturated rings. The van der Waals surface area contributed by atoms with Gasteiger partial charge in [-0.15, -0.1) is 0 Å². The van der Waals surface area contributed by atoms with Crippen LogP contribution in [0.2, 0.25) is 0 Å². The van der Waals surface area contributed by atoms with Crippen molar-refractivity contribution in [2.45, 2.75) is 26.3 Å². The molecule has 1 heterocycles. The number of nitrogens with one attached hydrogen (secondary N) is 2. The molecule has 7 heteroatoms. The molecule has 0 radical (unpaired) electrons. The van der Waals surface area contributed by atoms with E-state index in [1.165, 1.54) is 0 Å². The molecule has 0 aliphatic heterocycles. The van der Waals surface area contributed by atoms with Crippen LogP contribution in [-0.2, 0) is 16.6 Å². The highest BCUT2D eigenvalue weighted by Gasteiger charge is 2.11. The Balaban J connectivity index is 1.89. The van der Waals surface area contributed by atoms with E-state index in [9.17, 15) is 8.42 Å². The molecular weight excluding hydrogens is 290 g/mol. The highest BCUT2D eigenvalue weighted by molar-refractivity contribution is 7.87. The van der Waals surface area contributed by atoms with Gasteiger partial charge in [-0.2, -0.15) is 13.1 Å². The third kappa shape index (κ3) is 4.96. The number of nitrogens with zero attached hydrogens (tertiary/aromatic N) is 1. The molecule has 0 spiro atoms. The van der Waals surface area contributed by atoms with E-state index in [-0.39, 0.29) is 12.6 Å². The summed E-state index contributed by atoms with van der Waals surface area (Å²) < 4.78 is 33.4. The molecule has 0 saturated carbocycles. The molecule has 0 amide bonds. The monoisotopic (exact) mass is 309 g/mol. The van der Waals surface area contributed by atoms with Crippen LogP contribution in [-0.4, -0.2) is 26.2 Å². The molecule has 0 bridgehead atoms. The van der Waals surface area contributed by atoms with Gasteiger partial charge in [0.1, 0.15) is 0 Å². The Bertz CT molecular complexity index is 666. The summed E-state index contributed by atoms with van der Waals surface area (Å²) in [5.41, 5.74) is 1.65. The van der Waals surface area contributed by atoms with Gasteiger partial charge in [0, 0.05) is 30.6 Å². The number of rotatable bonds is 7. The zero-order valence-electron chi connectivity index (χ0n) is 12.0. The number of benzene rings is 1. The van der Waals surface area contributed by atoms with Crippen molar-refractivity contribution in [3.05, 3.63) is 42.1 Å². The van der Waals surface area contributed by atoms with Crippen LogP contribution in [0, 0.1) is 0 Å². The molecule has 1 aromatic heterocycles. The van der Waals surface area contributed by atoms with Gasteiger partial charge < -0.3 is 4.52 Å². The predicted molar refractivity (Wildman–Crippen MR) is 80.8 cm³/mol. The van der Waals surface area contributed by atoms with Crippen molar-refractivity contribution in [2.75, 3.05) is 6.54 Å². The van der Waals surface area contributed by atoms with E-state index in [4.69, 9.17) is 4.52 Å². The molecule has 0 unspecified atom stereocenters. The molecule has 6 nitrogen and oxygen atoms in total. The van der Waals surface area contributed by atoms with Gasteiger partial charge in [-0.1, -0.05) is 35.5 Å². The van der Waals surface area contributed by atoms with Gasteiger partial charge in [-0.3, -0.25) is 0 Å². The minimum atomic E-state index is -3.45. The molecule has 21 heavy (non-hydrogen) atoms. The van der Waals surface area contributed by atoms with Crippen LogP contribution in [0.25, 0.3) is 11.3 Å². The van der Waals surface area contributed by atoms with Crippen molar-refractivity contribution in [3.63, 3.8) is 0 Å². The first-order chi connectivity index (χ1) is 9.96. The Morgan fingerprint density at radius 2 is 1.95 bits per heavy atom. The Labute approximate surface area is 124 Å². The Morgan fingerprint density at radius 1 is 1.24 bits per heavy atom. The van der Waals surface area contributed by atoms with Crippen molar-refractivity contribution in [1.82, 2.24) is 14.6 Å². The highest BCUT2D eigenvalue weighted by Crippen LogP contribution is 2.19. The van der Waals surface area contributed by atoms with E-state index in [1.54, 1.807) is 13.8 Å². The maximum Gasteiger partial charge on any atom is 0.277 e. The molecule has 0 aliphatic rings. The average Bonchev–Trinajstić information content (AvgIpc) is 2.87. The third-order valence-corrected chi connectivity index (χ3v) is 4.05. The molecule has 2 N–H and O–H groups in total. The average molecular weight is 309 g/mol. The fourth-order valence-electron chi connectivity index (χ4n) is 1.83. The molecule has 2 rings (SSSR count). The molecule has 2 aromatic rings. The van der Waals surface area contributed by atoms with E-state index < -0.39 is 10.2 Å². The van der Waals surface area contributed by atoms with Crippen molar-refractivity contribution in [2.24, 2.45) is 0 Å². The van der Waals surface area contributed by atoms with Gasteiger partial charge in [0.2, 0.25) is 0 Å². The molecule has 0 atom stereocenters. The SMILES string of the molecule is CC(C)NS(=O)(=O)NCCc1cc(-c2ccccc2)on1. The largest absolute Gasteiger partial charge is 0.356 e. The van der Waals surface area contributed by atoms with E-state index in [0.717, 1.165) is 5.56 Å². The lowest BCUT2D eigenvalue weighted by molar-refractivity contribution is 0.423. The second-order valence-corrected chi connectivity index (χ2v) is 6.50. The van der Waals surface area contributed by atoms with Crippen molar-refractivity contribution in [3.8, 4) is 11.3 Å². The van der Waals surface area contributed by atoms with Gasteiger partial charge in [0.25, 0.3) is 10.2 Å². The van der Waals surface area contributed by atoms with E-state index in [2.05, 4.69) is 14.6 Å². The molecule has 0 aliphatic carbocycles. The normalized spacial score (nSPS) is 12.0. The molecule has 1 aromatic carbocycles. The smallest absolute Gasteiger partial charge is 0.277 e. The lowest BCUT2D eigenvalue weighted by Gasteiger charge is -2.09. The van der Waals surface area contributed by atoms with E-state index in [1.807, 2.05) is 36.4 Å². The van der Waals surface area contributed by atoms with Gasteiger partial charge >= 0.3 is 0 Å². The zero-order chi connectivity index (χ0) is 15.3. The van der Waals surface area contributed by atoms with Crippen LogP contribution in [0.1, 0.15) is 19.5 Å². The second kappa shape index (κ2) is 6.84. The van der Waals surface area contributed by atoms with Gasteiger partial charge in [0.15, 0.2) is 5.76 Å². The summed E-state index contributed by atoms with van der Waals surface area (Å²) in [5, 5.41) is 3.94. The summed E-state index contributed by atoms with van der Waals surface area (Å²) in [6.45, 7) is 3.80. The van der Waals surface area contributed by atoms with Crippen molar-refractivity contribution < 1.29 is 12.9 Å². The quantitative estimate of drug-likeness (QED) is 0.815. The molecular formula is C14H19N3O3S. The predicted octanol–water partition coefficient (Wildman–Crippen LogP) is 1.72. The summed E-state index contributed by atoms with van der Waals surface area (Å²) in [5.74, 6) is 0.675. The lowest BCUT2D eigenvalue weighted by atomic mass is 10.1. The second-order valence-electron chi connectivity index (χ2n) is 4.97. The lowest BCUT2D eigenvalue weighted by Crippen LogP contribution is -2.41. The maximum atomic E-state index is 11.6. The van der Waals surface area contributed by atoms with Crippen LogP contribution in [0.15, 0.2) is 40.9 Å². The number of aromatic nitrogens is 1.